The molecule has 1 N–H and O–H groups in total. The van der Waals surface area contributed by atoms with E-state index in [0.29, 0.717) is 17.2 Å². The number of amides is 1. The first-order valence-corrected chi connectivity index (χ1v) is 14.3. The van der Waals surface area contributed by atoms with Crippen LogP contribution in [0.4, 0.5) is 0 Å². The van der Waals surface area contributed by atoms with Crippen LogP contribution in [-0.2, 0) is 24.0 Å². The minimum atomic E-state index is -0.860. The molecule has 8 heteroatoms. The summed E-state index contributed by atoms with van der Waals surface area (Å²) in [7, 11) is 0. The Morgan fingerprint density at radius 3 is 2.55 bits per heavy atom. The zero-order chi connectivity index (χ0) is 27.9. The van der Waals surface area contributed by atoms with Gasteiger partial charge in [0.1, 0.15) is 12.0 Å². The van der Waals surface area contributed by atoms with E-state index in [-0.39, 0.29) is 36.1 Å². The quantitative estimate of drug-likeness (QED) is 0.286. The maximum absolute atomic E-state index is 12.9. The van der Waals surface area contributed by atoms with E-state index in [4.69, 9.17) is 24.0 Å². The van der Waals surface area contributed by atoms with Crippen LogP contribution in [0.5, 0.6) is 5.75 Å². The maximum Gasteiger partial charge on any atom is 0.259 e. The smallest absolute Gasteiger partial charge is 0.259 e. The monoisotopic (exact) mass is 547 g/mol. The van der Waals surface area contributed by atoms with Crippen molar-refractivity contribution >= 4 is 17.8 Å². The van der Waals surface area contributed by atoms with Crippen LogP contribution in [0, 0.1) is 23.7 Å². The lowest BCUT2D eigenvalue weighted by atomic mass is 9.58. The summed E-state index contributed by atoms with van der Waals surface area (Å²) in [6.07, 6.45) is 5.93. The fourth-order valence-corrected chi connectivity index (χ4v) is 6.97. The average Bonchev–Trinajstić information content (AvgIpc) is 3.20. The van der Waals surface area contributed by atoms with Crippen molar-refractivity contribution in [3.63, 3.8) is 0 Å². The molecule has 1 spiro atoms. The van der Waals surface area contributed by atoms with Crippen molar-refractivity contribution in [1.29, 1.82) is 0 Å². The topological polar surface area (TPSA) is 92.3 Å². The van der Waals surface area contributed by atoms with Crippen LogP contribution in [0.3, 0.4) is 0 Å². The van der Waals surface area contributed by atoms with Gasteiger partial charge >= 0.3 is 0 Å². The summed E-state index contributed by atoms with van der Waals surface area (Å²) in [4.78, 5) is 37.4. The molecule has 2 bridgehead atoms. The number of carbonyl (C=O) groups excluding carboxylic acids is 2. The van der Waals surface area contributed by atoms with Gasteiger partial charge in [0.05, 0.1) is 0 Å². The third kappa shape index (κ3) is 4.98. The lowest BCUT2D eigenvalue weighted by Crippen LogP contribution is -2.72. The summed E-state index contributed by atoms with van der Waals surface area (Å²) in [6.45, 7) is 6.08. The zero-order valence-electron chi connectivity index (χ0n) is 23.2. The molecule has 8 nitrogen and oxygen atoms in total. The predicted octanol–water partition coefficient (Wildman–Crippen LogP) is 5.29. The van der Waals surface area contributed by atoms with Gasteiger partial charge in [-0.25, -0.2) is 9.78 Å². The Morgan fingerprint density at radius 1 is 1.00 bits per heavy atom. The number of fused-ring (bicyclic) bond motifs is 2. The summed E-state index contributed by atoms with van der Waals surface area (Å²) in [5.41, 5.74) is 0.833. The second-order valence-corrected chi connectivity index (χ2v) is 11.8. The number of ketones is 1. The van der Waals surface area contributed by atoms with Crippen LogP contribution in [0.2, 0.25) is 0 Å². The first-order chi connectivity index (χ1) is 19.3. The van der Waals surface area contributed by atoms with Gasteiger partial charge in [0.2, 0.25) is 5.79 Å². The first kappa shape index (κ1) is 27.1. The molecule has 5 fully saturated rings. The fraction of sp³-hybridized carbons (Fsp3) is 0.500. The fourth-order valence-electron chi connectivity index (χ4n) is 6.97. The summed E-state index contributed by atoms with van der Waals surface area (Å²) in [5, 5.41) is 3.01. The Bertz CT molecular complexity index is 1260. The minimum absolute atomic E-state index is 0.000840. The molecule has 7 rings (SSSR count). The normalized spacial score (nSPS) is 36.5. The Labute approximate surface area is 234 Å². The SMILES string of the molecule is C[C@H]1[C@@H](NC(=O)COc2ccc(C(=O)/C=C/c3ccccc3)cc2)O[C@@H]2O[C@@]3(C)CC[C@H]4[C@H](C)CC[C@@H]1[C@@]24OO3. The van der Waals surface area contributed by atoms with Crippen LogP contribution in [0.25, 0.3) is 6.08 Å². The van der Waals surface area contributed by atoms with Crippen LogP contribution >= 0.6 is 0 Å². The molecule has 40 heavy (non-hydrogen) atoms. The summed E-state index contributed by atoms with van der Waals surface area (Å²) < 4.78 is 18.5. The van der Waals surface area contributed by atoms with Crippen molar-refractivity contribution in [2.75, 3.05) is 6.61 Å². The van der Waals surface area contributed by atoms with Crippen molar-refractivity contribution in [3.05, 3.63) is 71.8 Å². The number of allylic oxidation sites excluding steroid dienone is 1. The zero-order valence-corrected chi connectivity index (χ0v) is 23.2. The number of ether oxygens (including phenoxy) is 3. The number of benzene rings is 2. The molecule has 0 radical (unpaired) electrons. The number of carbonyl (C=O) groups is 2. The van der Waals surface area contributed by atoms with E-state index < -0.39 is 23.9 Å². The molecule has 1 saturated carbocycles. The Balaban J connectivity index is 1.06. The molecule has 5 aliphatic rings. The van der Waals surface area contributed by atoms with E-state index in [9.17, 15) is 9.59 Å². The van der Waals surface area contributed by atoms with E-state index >= 15 is 0 Å². The van der Waals surface area contributed by atoms with Gasteiger partial charge in [-0.05, 0) is 73.9 Å². The second-order valence-electron chi connectivity index (χ2n) is 11.8. The third-order valence-electron chi connectivity index (χ3n) is 9.20. The van der Waals surface area contributed by atoms with Gasteiger partial charge in [-0.1, -0.05) is 50.3 Å². The molecule has 1 amide bonds. The van der Waals surface area contributed by atoms with E-state index in [1.165, 1.54) is 0 Å². The minimum Gasteiger partial charge on any atom is -0.484 e. The lowest BCUT2D eigenvalue weighted by molar-refractivity contribution is -0.571. The highest BCUT2D eigenvalue weighted by molar-refractivity contribution is 6.06. The average molecular weight is 548 g/mol. The molecule has 4 aliphatic heterocycles. The van der Waals surface area contributed by atoms with Crippen molar-refractivity contribution in [2.45, 2.75) is 70.4 Å². The van der Waals surface area contributed by atoms with Gasteiger partial charge in [0, 0.05) is 23.8 Å². The van der Waals surface area contributed by atoms with Crippen molar-refractivity contribution < 1.29 is 33.6 Å². The van der Waals surface area contributed by atoms with E-state index in [0.717, 1.165) is 31.2 Å². The molecule has 212 valence electrons. The molecule has 1 aliphatic carbocycles. The van der Waals surface area contributed by atoms with Crippen molar-refractivity contribution in [3.8, 4) is 5.75 Å². The number of hydrogen-bond acceptors (Lipinski definition) is 7. The van der Waals surface area contributed by atoms with Gasteiger partial charge in [0.15, 0.2) is 24.3 Å². The van der Waals surface area contributed by atoms with Crippen LogP contribution < -0.4 is 10.1 Å². The van der Waals surface area contributed by atoms with Crippen LogP contribution in [-0.4, -0.2) is 42.2 Å². The van der Waals surface area contributed by atoms with Crippen molar-refractivity contribution in [2.24, 2.45) is 23.7 Å². The lowest BCUT2D eigenvalue weighted by Gasteiger charge is -2.60. The molecule has 0 aromatic heterocycles. The van der Waals surface area contributed by atoms with E-state index in [1.54, 1.807) is 36.4 Å². The molecule has 8 atom stereocenters. The maximum atomic E-state index is 12.9. The van der Waals surface area contributed by atoms with Gasteiger partial charge < -0.3 is 19.5 Å². The number of nitrogens with one attached hydrogen (secondary N) is 1. The molecule has 2 aromatic carbocycles. The van der Waals surface area contributed by atoms with Gasteiger partial charge in [-0.2, -0.15) is 0 Å². The molecular weight excluding hydrogens is 510 g/mol. The van der Waals surface area contributed by atoms with Crippen LogP contribution in [0.15, 0.2) is 60.7 Å². The Kier molecular flexibility index (Phi) is 7.29. The number of hydrogen-bond donors (Lipinski definition) is 1. The number of rotatable bonds is 7. The molecule has 2 aromatic rings. The van der Waals surface area contributed by atoms with Gasteiger partial charge in [-0.15, -0.1) is 0 Å². The highest BCUT2D eigenvalue weighted by Gasteiger charge is 2.69. The largest absolute Gasteiger partial charge is 0.484 e. The first-order valence-electron chi connectivity index (χ1n) is 14.3. The highest BCUT2D eigenvalue weighted by Crippen LogP contribution is 2.60. The second kappa shape index (κ2) is 10.7. The van der Waals surface area contributed by atoms with Gasteiger partial charge in [-0.3, -0.25) is 9.59 Å². The third-order valence-corrected chi connectivity index (χ3v) is 9.20. The van der Waals surface area contributed by atoms with Crippen LogP contribution in [0.1, 0.15) is 62.4 Å². The molecule has 4 heterocycles. The predicted molar refractivity (Wildman–Crippen MR) is 147 cm³/mol. The van der Waals surface area contributed by atoms with Crippen molar-refractivity contribution in [1.82, 2.24) is 5.32 Å². The highest BCUT2D eigenvalue weighted by atomic mass is 17.3. The summed E-state index contributed by atoms with van der Waals surface area (Å²) in [6, 6.07) is 16.4. The van der Waals surface area contributed by atoms with E-state index in [1.807, 2.05) is 37.3 Å². The Morgan fingerprint density at radius 2 is 1.77 bits per heavy atom. The molecular formula is C32H37NO7. The van der Waals surface area contributed by atoms with Gasteiger partial charge in [0.25, 0.3) is 5.91 Å². The van der Waals surface area contributed by atoms with E-state index in [2.05, 4.69) is 19.2 Å². The Hall–Kier alpha value is -3.04. The molecule has 4 saturated heterocycles. The molecule has 0 unspecified atom stereocenters. The standard InChI is InChI=1S/C32H37NO7/c1-20-9-15-26-21(2)29(37-30-32(26)25(20)17-18-31(3,38-30)39-40-32)33-28(35)19-36-24-13-11-23(12-14-24)27(34)16-10-22-7-5-4-6-8-22/h4-8,10-14,16,20-21,25-26,29-30H,9,15,17-19H2,1-3H3,(H,33,35)/b16-10+/t20-,21-,25+,26+,29+,30-,31-,32-/m1/s1. The summed E-state index contributed by atoms with van der Waals surface area (Å²) >= 11 is 0. The summed E-state index contributed by atoms with van der Waals surface area (Å²) in [5.74, 6) is 0.118.